The van der Waals surface area contributed by atoms with E-state index in [-0.39, 0.29) is 0 Å². The molecular formula is C15H26N4O2. The Balaban J connectivity index is 2.19. The van der Waals surface area contributed by atoms with Gasteiger partial charge in [0.15, 0.2) is 0 Å². The van der Waals surface area contributed by atoms with Gasteiger partial charge in [0.1, 0.15) is 0 Å². The van der Waals surface area contributed by atoms with Crippen molar-refractivity contribution in [1.29, 1.82) is 0 Å². The summed E-state index contributed by atoms with van der Waals surface area (Å²) in [5, 5.41) is 3.51. The van der Waals surface area contributed by atoms with Crippen molar-refractivity contribution in [3.63, 3.8) is 0 Å². The van der Waals surface area contributed by atoms with E-state index < -0.39 is 0 Å². The van der Waals surface area contributed by atoms with Crippen LogP contribution in [0.1, 0.15) is 33.1 Å². The molecule has 0 aromatic carbocycles. The SMILES string of the molecule is COc1cc(OC)nc(N2CCCCC2CNC(C)C)n1. The predicted octanol–water partition coefficient (Wildman–Crippen LogP) is 1.85. The third-order valence-corrected chi connectivity index (χ3v) is 3.73. The second-order valence-electron chi connectivity index (χ2n) is 5.66. The smallest absolute Gasteiger partial charge is 0.232 e. The second-order valence-corrected chi connectivity index (χ2v) is 5.66. The van der Waals surface area contributed by atoms with E-state index in [1.165, 1.54) is 12.8 Å². The largest absolute Gasteiger partial charge is 0.481 e. The molecule has 1 aliphatic rings. The van der Waals surface area contributed by atoms with Crippen molar-refractivity contribution in [2.24, 2.45) is 0 Å². The summed E-state index contributed by atoms with van der Waals surface area (Å²) in [6.45, 7) is 6.25. The topological polar surface area (TPSA) is 59.5 Å². The van der Waals surface area contributed by atoms with Gasteiger partial charge in [-0.2, -0.15) is 9.97 Å². The molecule has 1 fully saturated rings. The van der Waals surface area contributed by atoms with Gasteiger partial charge in [-0.25, -0.2) is 0 Å². The summed E-state index contributed by atoms with van der Waals surface area (Å²) in [7, 11) is 3.22. The second kappa shape index (κ2) is 7.45. The molecule has 0 aliphatic carbocycles. The molecule has 21 heavy (non-hydrogen) atoms. The van der Waals surface area contributed by atoms with E-state index in [4.69, 9.17) is 9.47 Å². The van der Waals surface area contributed by atoms with Gasteiger partial charge in [-0.3, -0.25) is 0 Å². The number of rotatable bonds is 6. The first kappa shape index (κ1) is 15.8. The first-order valence-corrected chi connectivity index (χ1v) is 7.61. The molecule has 0 bridgehead atoms. The highest BCUT2D eigenvalue weighted by atomic mass is 16.5. The van der Waals surface area contributed by atoms with Crippen LogP contribution >= 0.6 is 0 Å². The van der Waals surface area contributed by atoms with Crippen LogP contribution in [0.3, 0.4) is 0 Å². The summed E-state index contributed by atoms with van der Waals surface area (Å²) in [4.78, 5) is 11.2. The Morgan fingerprint density at radius 3 is 2.48 bits per heavy atom. The molecule has 1 saturated heterocycles. The lowest BCUT2D eigenvalue weighted by molar-refractivity contribution is 0.365. The number of methoxy groups -OCH3 is 2. The monoisotopic (exact) mass is 294 g/mol. The molecule has 6 heteroatoms. The van der Waals surface area contributed by atoms with E-state index in [1.54, 1.807) is 20.3 Å². The highest BCUT2D eigenvalue weighted by Crippen LogP contribution is 2.25. The van der Waals surface area contributed by atoms with Gasteiger partial charge in [0.05, 0.1) is 20.3 Å². The third kappa shape index (κ3) is 4.20. The van der Waals surface area contributed by atoms with Crippen LogP contribution in [0.5, 0.6) is 11.8 Å². The van der Waals surface area contributed by atoms with Crippen molar-refractivity contribution in [3.05, 3.63) is 6.07 Å². The molecule has 1 aromatic rings. The van der Waals surface area contributed by atoms with Crippen LogP contribution in [-0.4, -0.2) is 49.4 Å². The Morgan fingerprint density at radius 2 is 1.90 bits per heavy atom. The van der Waals surface area contributed by atoms with Crippen LogP contribution in [0.15, 0.2) is 6.07 Å². The summed E-state index contributed by atoms with van der Waals surface area (Å²) in [5.41, 5.74) is 0. The minimum absolute atomic E-state index is 0.415. The Morgan fingerprint density at radius 1 is 1.24 bits per heavy atom. The molecule has 118 valence electrons. The molecule has 1 N–H and O–H groups in total. The van der Waals surface area contributed by atoms with Crippen LogP contribution in [0.2, 0.25) is 0 Å². The van der Waals surface area contributed by atoms with Crippen molar-refractivity contribution in [2.45, 2.75) is 45.2 Å². The highest BCUT2D eigenvalue weighted by molar-refractivity contribution is 5.38. The van der Waals surface area contributed by atoms with Gasteiger partial charge in [0.25, 0.3) is 0 Å². The van der Waals surface area contributed by atoms with Crippen LogP contribution < -0.4 is 19.7 Å². The zero-order chi connectivity index (χ0) is 15.2. The molecule has 0 spiro atoms. The molecule has 6 nitrogen and oxygen atoms in total. The molecule has 1 aliphatic heterocycles. The van der Waals surface area contributed by atoms with Crippen molar-refractivity contribution in [2.75, 3.05) is 32.2 Å². The summed E-state index contributed by atoms with van der Waals surface area (Å²) >= 11 is 0. The Hall–Kier alpha value is -1.56. The fourth-order valence-corrected chi connectivity index (χ4v) is 2.58. The average Bonchev–Trinajstić information content (AvgIpc) is 2.52. The number of ether oxygens (including phenoxy) is 2. The van der Waals surface area contributed by atoms with E-state index in [9.17, 15) is 0 Å². The Labute approximate surface area is 126 Å². The lowest BCUT2D eigenvalue weighted by Crippen LogP contribution is -2.47. The van der Waals surface area contributed by atoms with E-state index >= 15 is 0 Å². The number of nitrogens with one attached hydrogen (secondary N) is 1. The number of anilines is 1. The molecule has 1 atom stereocenters. The van der Waals surface area contributed by atoms with E-state index in [1.807, 2.05) is 0 Å². The number of nitrogens with zero attached hydrogens (tertiary/aromatic N) is 3. The number of piperidine rings is 1. The molecule has 1 aromatic heterocycles. The third-order valence-electron chi connectivity index (χ3n) is 3.73. The molecule has 1 unspecified atom stereocenters. The first-order chi connectivity index (χ1) is 10.1. The maximum Gasteiger partial charge on any atom is 0.232 e. The predicted molar refractivity (Wildman–Crippen MR) is 83.3 cm³/mol. The quantitative estimate of drug-likeness (QED) is 0.864. The van der Waals surface area contributed by atoms with E-state index in [0.717, 1.165) is 19.5 Å². The molecule has 2 heterocycles. The van der Waals surface area contributed by atoms with Gasteiger partial charge < -0.3 is 19.7 Å². The lowest BCUT2D eigenvalue weighted by atomic mass is 10.0. The van der Waals surface area contributed by atoms with E-state index in [0.29, 0.717) is 29.8 Å². The van der Waals surface area contributed by atoms with Gasteiger partial charge in [0, 0.05) is 25.2 Å². The van der Waals surface area contributed by atoms with Crippen molar-refractivity contribution in [3.8, 4) is 11.8 Å². The van der Waals surface area contributed by atoms with Crippen molar-refractivity contribution in [1.82, 2.24) is 15.3 Å². The zero-order valence-electron chi connectivity index (χ0n) is 13.4. The van der Waals surface area contributed by atoms with Crippen molar-refractivity contribution >= 4 is 5.95 Å². The van der Waals surface area contributed by atoms with Gasteiger partial charge in [-0.1, -0.05) is 13.8 Å². The van der Waals surface area contributed by atoms with Crippen LogP contribution in [0.4, 0.5) is 5.95 Å². The van der Waals surface area contributed by atoms with Crippen LogP contribution in [0, 0.1) is 0 Å². The average molecular weight is 294 g/mol. The number of aromatic nitrogens is 2. The number of hydrogen-bond donors (Lipinski definition) is 1. The van der Waals surface area contributed by atoms with Gasteiger partial charge in [-0.15, -0.1) is 0 Å². The zero-order valence-corrected chi connectivity index (χ0v) is 13.4. The van der Waals surface area contributed by atoms with Gasteiger partial charge in [0.2, 0.25) is 17.7 Å². The summed E-state index contributed by atoms with van der Waals surface area (Å²) < 4.78 is 10.5. The molecular weight excluding hydrogens is 268 g/mol. The number of hydrogen-bond acceptors (Lipinski definition) is 6. The first-order valence-electron chi connectivity index (χ1n) is 7.61. The molecule has 2 rings (SSSR count). The van der Waals surface area contributed by atoms with Gasteiger partial charge >= 0.3 is 0 Å². The molecule has 0 saturated carbocycles. The van der Waals surface area contributed by atoms with Crippen molar-refractivity contribution < 1.29 is 9.47 Å². The standard InChI is InChI=1S/C15H26N4O2/c1-11(2)16-10-12-7-5-6-8-19(12)15-17-13(20-3)9-14(18-15)21-4/h9,11-12,16H,5-8,10H2,1-4H3. The normalized spacial score (nSPS) is 18.9. The fourth-order valence-electron chi connectivity index (χ4n) is 2.58. The summed E-state index contributed by atoms with van der Waals surface area (Å²) in [6.07, 6.45) is 3.58. The molecule has 0 amide bonds. The lowest BCUT2D eigenvalue weighted by Gasteiger charge is -2.36. The molecule has 0 radical (unpaired) electrons. The Kier molecular flexibility index (Phi) is 5.61. The van der Waals surface area contributed by atoms with Crippen LogP contribution in [0.25, 0.3) is 0 Å². The Bertz CT molecular complexity index is 431. The summed E-state index contributed by atoms with van der Waals surface area (Å²) in [5.74, 6) is 1.78. The minimum Gasteiger partial charge on any atom is -0.481 e. The van der Waals surface area contributed by atoms with Gasteiger partial charge in [-0.05, 0) is 19.3 Å². The highest BCUT2D eigenvalue weighted by Gasteiger charge is 2.25. The van der Waals surface area contributed by atoms with E-state index in [2.05, 4.69) is 34.0 Å². The van der Waals surface area contributed by atoms with Crippen LogP contribution in [-0.2, 0) is 0 Å². The maximum atomic E-state index is 5.25. The summed E-state index contributed by atoms with van der Waals surface area (Å²) in [6, 6.07) is 2.60. The fraction of sp³-hybridized carbons (Fsp3) is 0.733. The maximum absolute atomic E-state index is 5.25. The minimum atomic E-state index is 0.415.